The van der Waals surface area contributed by atoms with Crippen LogP contribution < -0.4 is 10.6 Å². The zero-order valence-electron chi connectivity index (χ0n) is 10.8. The summed E-state index contributed by atoms with van der Waals surface area (Å²) in [5, 5.41) is 6.28. The Balaban J connectivity index is 1.94. The first-order valence-corrected chi connectivity index (χ1v) is 6.32. The third kappa shape index (κ3) is 3.34. The number of rotatable bonds is 5. The van der Waals surface area contributed by atoms with Gasteiger partial charge in [-0.1, -0.05) is 6.92 Å². The second-order valence-corrected chi connectivity index (χ2v) is 4.31. The van der Waals surface area contributed by atoms with Crippen molar-refractivity contribution in [3.8, 4) is 0 Å². The Bertz CT molecular complexity index is 589. The van der Waals surface area contributed by atoms with Gasteiger partial charge in [0.15, 0.2) is 0 Å². The predicted molar refractivity (Wildman–Crippen MR) is 73.9 cm³/mol. The molecule has 5 heteroatoms. The van der Waals surface area contributed by atoms with E-state index in [2.05, 4.69) is 15.6 Å². The maximum atomic E-state index is 11.9. The second kappa shape index (κ2) is 6.04. The molecule has 0 unspecified atom stereocenters. The number of nitrogens with one attached hydrogen (secondary N) is 3. The molecule has 1 aromatic heterocycles. The van der Waals surface area contributed by atoms with Crippen LogP contribution in [0.4, 0.5) is 0 Å². The first-order valence-electron chi connectivity index (χ1n) is 6.32. The molecule has 2 rings (SSSR count). The number of hydrogen-bond acceptors (Lipinski definition) is 2. The molecule has 2 amide bonds. The van der Waals surface area contributed by atoms with Gasteiger partial charge in [0, 0.05) is 29.2 Å². The van der Waals surface area contributed by atoms with Crippen molar-refractivity contribution in [2.75, 3.05) is 13.1 Å². The van der Waals surface area contributed by atoms with Gasteiger partial charge in [-0.2, -0.15) is 0 Å². The molecule has 1 heterocycles. The third-order valence-corrected chi connectivity index (χ3v) is 2.80. The van der Waals surface area contributed by atoms with E-state index in [0.717, 1.165) is 17.3 Å². The van der Waals surface area contributed by atoms with E-state index in [9.17, 15) is 9.59 Å². The molecule has 1 aromatic carbocycles. The Morgan fingerprint density at radius 1 is 1.21 bits per heavy atom. The lowest BCUT2D eigenvalue weighted by Crippen LogP contribution is -2.37. The summed E-state index contributed by atoms with van der Waals surface area (Å²) < 4.78 is 0. The van der Waals surface area contributed by atoms with Crippen molar-refractivity contribution in [2.45, 2.75) is 13.3 Å². The Kier molecular flexibility index (Phi) is 4.18. The highest BCUT2D eigenvalue weighted by molar-refractivity contribution is 5.99. The van der Waals surface area contributed by atoms with Gasteiger partial charge in [-0.05, 0) is 30.7 Å². The fourth-order valence-corrected chi connectivity index (χ4v) is 1.78. The van der Waals surface area contributed by atoms with Crippen LogP contribution in [0.5, 0.6) is 0 Å². The monoisotopic (exact) mass is 259 g/mol. The summed E-state index contributed by atoms with van der Waals surface area (Å²) in [7, 11) is 0. The van der Waals surface area contributed by atoms with Gasteiger partial charge in [-0.15, -0.1) is 0 Å². The van der Waals surface area contributed by atoms with E-state index in [1.165, 1.54) is 0 Å². The topological polar surface area (TPSA) is 74.0 Å². The molecule has 19 heavy (non-hydrogen) atoms. The Morgan fingerprint density at radius 3 is 2.84 bits per heavy atom. The lowest BCUT2D eigenvalue weighted by atomic mass is 10.1. The fraction of sp³-hybridized carbons (Fsp3) is 0.286. The molecule has 0 saturated carbocycles. The van der Waals surface area contributed by atoms with Gasteiger partial charge >= 0.3 is 0 Å². The highest BCUT2D eigenvalue weighted by Gasteiger charge is 2.08. The molecule has 0 spiro atoms. The van der Waals surface area contributed by atoms with Gasteiger partial charge < -0.3 is 15.6 Å². The highest BCUT2D eigenvalue weighted by atomic mass is 16.2. The average Bonchev–Trinajstić information content (AvgIpc) is 2.89. The molecule has 0 bridgehead atoms. The van der Waals surface area contributed by atoms with Crippen LogP contribution in [0, 0.1) is 0 Å². The molecular weight excluding hydrogens is 242 g/mol. The summed E-state index contributed by atoms with van der Waals surface area (Å²) >= 11 is 0. The number of carbonyl (C=O) groups is 2. The van der Waals surface area contributed by atoms with Crippen LogP contribution in [-0.4, -0.2) is 29.9 Å². The zero-order chi connectivity index (χ0) is 13.7. The number of aromatic nitrogens is 1. The standard InChI is InChI=1S/C14H17N3O2/c1-2-6-16-13(18)9-17-14(19)11-3-4-12-10(8-11)5-7-15-12/h3-5,7-8,15H,2,6,9H2,1H3,(H,16,18)(H,17,19). The van der Waals surface area contributed by atoms with E-state index < -0.39 is 0 Å². The van der Waals surface area contributed by atoms with Gasteiger partial charge in [-0.25, -0.2) is 0 Å². The highest BCUT2D eigenvalue weighted by Crippen LogP contribution is 2.13. The summed E-state index contributed by atoms with van der Waals surface area (Å²) in [6, 6.07) is 7.28. The van der Waals surface area contributed by atoms with Crippen LogP contribution in [-0.2, 0) is 4.79 Å². The Labute approximate surface area is 111 Å². The largest absolute Gasteiger partial charge is 0.361 e. The molecular formula is C14H17N3O2. The van der Waals surface area contributed by atoms with Crippen molar-refractivity contribution in [3.05, 3.63) is 36.0 Å². The van der Waals surface area contributed by atoms with Crippen molar-refractivity contribution < 1.29 is 9.59 Å². The predicted octanol–water partition coefficient (Wildman–Crippen LogP) is 1.42. The molecule has 0 radical (unpaired) electrons. The van der Waals surface area contributed by atoms with Gasteiger partial charge in [-0.3, -0.25) is 9.59 Å². The molecule has 0 aliphatic heterocycles. The van der Waals surface area contributed by atoms with E-state index in [0.29, 0.717) is 12.1 Å². The van der Waals surface area contributed by atoms with Gasteiger partial charge in [0.05, 0.1) is 6.54 Å². The molecule has 100 valence electrons. The average molecular weight is 259 g/mol. The number of benzene rings is 1. The maximum absolute atomic E-state index is 11.9. The first kappa shape index (κ1) is 13.1. The van der Waals surface area contributed by atoms with E-state index >= 15 is 0 Å². The molecule has 2 aromatic rings. The van der Waals surface area contributed by atoms with E-state index in [-0.39, 0.29) is 18.4 Å². The van der Waals surface area contributed by atoms with E-state index in [1.807, 2.05) is 25.3 Å². The normalized spacial score (nSPS) is 10.4. The van der Waals surface area contributed by atoms with Crippen LogP contribution in [0.15, 0.2) is 30.5 Å². The molecule has 0 fully saturated rings. The van der Waals surface area contributed by atoms with Crippen molar-refractivity contribution in [1.82, 2.24) is 15.6 Å². The van der Waals surface area contributed by atoms with Crippen LogP contribution in [0.3, 0.4) is 0 Å². The van der Waals surface area contributed by atoms with Crippen LogP contribution in [0.2, 0.25) is 0 Å². The number of hydrogen-bond donors (Lipinski definition) is 3. The SMILES string of the molecule is CCCNC(=O)CNC(=O)c1ccc2[nH]ccc2c1. The molecule has 0 saturated heterocycles. The molecule has 0 atom stereocenters. The minimum atomic E-state index is -0.241. The molecule has 0 aliphatic carbocycles. The number of aromatic amines is 1. The van der Waals surface area contributed by atoms with Gasteiger partial charge in [0.1, 0.15) is 0 Å². The van der Waals surface area contributed by atoms with Crippen molar-refractivity contribution >= 4 is 22.7 Å². The minimum Gasteiger partial charge on any atom is -0.361 e. The van der Waals surface area contributed by atoms with E-state index in [4.69, 9.17) is 0 Å². The number of fused-ring (bicyclic) bond motifs is 1. The summed E-state index contributed by atoms with van der Waals surface area (Å²) in [5.74, 6) is -0.410. The quantitative estimate of drug-likeness (QED) is 0.759. The lowest BCUT2D eigenvalue weighted by Gasteiger charge is -2.06. The third-order valence-electron chi connectivity index (χ3n) is 2.80. The summed E-state index contributed by atoms with van der Waals surface area (Å²) in [4.78, 5) is 26.3. The molecule has 0 aliphatic rings. The maximum Gasteiger partial charge on any atom is 0.251 e. The number of H-pyrrole nitrogens is 1. The second-order valence-electron chi connectivity index (χ2n) is 4.31. The zero-order valence-corrected chi connectivity index (χ0v) is 10.8. The lowest BCUT2D eigenvalue weighted by molar-refractivity contribution is -0.120. The van der Waals surface area contributed by atoms with Gasteiger partial charge in [0.25, 0.3) is 5.91 Å². The molecule has 5 nitrogen and oxygen atoms in total. The van der Waals surface area contributed by atoms with E-state index in [1.54, 1.807) is 12.1 Å². The van der Waals surface area contributed by atoms with Crippen LogP contribution in [0.25, 0.3) is 10.9 Å². The summed E-state index contributed by atoms with van der Waals surface area (Å²) in [6.07, 6.45) is 2.70. The summed E-state index contributed by atoms with van der Waals surface area (Å²) in [5.41, 5.74) is 1.53. The van der Waals surface area contributed by atoms with Crippen LogP contribution in [0.1, 0.15) is 23.7 Å². The minimum absolute atomic E-state index is 0.00398. The van der Waals surface area contributed by atoms with Crippen molar-refractivity contribution in [3.63, 3.8) is 0 Å². The van der Waals surface area contributed by atoms with Gasteiger partial charge in [0.2, 0.25) is 5.91 Å². The molecule has 3 N–H and O–H groups in total. The first-order chi connectivity index (χ1) is 9.20. The number of amides is 2. The van der Waals surface area contributed by atoms with Crippen molar-refractivity contribution in [1.29, 1.82) is 0 Å². The number of carbonyl (C=O) groups excluding carboxylic acids is 2. The Hall–Kier alpha value is -2.30. The smallest absolute Gasteiger partial charge is 0.251 e. The fourth-order valence-electron chi connectivity index (χ4n) is 1.78. The summed E-state index contributed by atoms with van der Waals surface area (Å²) in [6.45, 7) is 2.61. The Morgan fingerprint density at radius 2 is 2.05 bits per heavy atom. The van der Waals surface area contributed by atoms with Crippen LogP contribution >= 0.6 is 0 Å². The van der Waals surface area contributed by atoms with Crippen molar-refractivity contribution in [2.24, 2.45) is 0 Å².